The Morgan fingerprint density at radius 1 is 1.04 bits per heavy atom. The Bertz CT molecular complexity index is 1150. The molecule has 2 heterocycles. The number of rotatable bonds is 3. The van der Waals surface area contributed by atoms with E-state index in [0.717, 1.165) is 33.7 Å². The van der Waals surface area contributed by atoms with Crippen LogP contribution < -0.4 is 9.88 Å². The summed E-state index contributed by atoms with van der Waals surface area (Å²) in [5, 5.41) is 5.54. The van der Waals surface area contributed by atoms with E-state index >= 15 is 0 Å². The van der Waals surface area contributed by atoms with Gasteiger partial charge in [-0.1, -0.05) is 36.4 Å². The van der Waals surface area contributed by atoms with Gasteiger partial charge < -0.3 is 9.73 Å². The Kier molecular flexibility index (Phi) is 4.00. The first kappa shape index (κ1) is 16.4. The minimum absolute atomic E-state index is 0.799. The second-order valence-electron chi connectivity index (χ2n) is 6.57. The Balaban J connectivity index is 2.09. The molecule has 3 nitrogen and oxygen atoms in total. The molecule has 4 rings (SSSR count). The maximum absolute atomic E-state index is 6.26. The van der Waals surface area contributed by atoms with Crippen LogP contribution in [0.25, 0.3) is 39.2 Å². The lowest BCUT2D eigenvalue weighted by atomic mass is 9.99. The van der Waals surface area contributed by atoms with E-state index in [1.807, 2.05) is 20.0 Å². The van der Waals surface area contributed by atoms with Gasteiger partial charge in [0.25, 0.3) is 0 Å². The molecule has 1 N–H and O–H groups in total. The van der Waals surface area contributed by atoms with Crippen molar-refractivity contribution in [2.24, 2.45) is 7.05 Å². The van der Waals surface area contributed by atoms with E-state index in [2.05, 4.69) is 78.5 Å². The van der Waals surface area contributed by atoms with Gasteiger partial charge in [0.05, 0.1) is 5.56 Å². The second kappa shape index (κ2) is 6.34. The van der Waals surface area contributed by atoms with Gasteiger partial charge in [-0.05, 0) is 31.5 Å². The van der Waals surface area contributed by atoms with E-state index in [-0.39, 0.29) is 0 Å². The zero-order valence-electron chi connectivity index (χ0n) is 15.6. The van der Waals surface area contributed by atoms with E-state index in [1.165, 1.54) is 16.5 Å². The average molecular weight is 343 g/mol. The number of nitrogens with one attached hydrogen (secondary N) is 1. The van der Waals surface area contributed by atoms with Crippen LogP contribution >= 0.6 is 0 Å². The van der Waals surface area contributed by atoms with Crippen LogP contribution in [0.2, 0.25) is 0 Å². The van der Waals surface area contributed by atoms with Crippen LogP contribution in [0.4, 0.5) is 5.88 Å². The Morgan fingerprint density at radius 3 is 2.62 bits per heavy atom. The normalized spacial score (nSPS) is 11.7. The number of nitrogens with zero attached hydrogens (tertiary/aromatic N) is 1. The predicted octanol–water partition coefficient (Wildman–Crippen LogP) is 5.46. The number of allylic oxidation sites excluding steroid dienone is 1. The fourth-order valence-electron chi connectivity index (χ4n) is 3.71. The molecule has 3 heteroatoms. The summed E-state index contributed by atoms with van der Waals surface area (Å²) in [5.41, 5.74) is 6.71. The van der Waals surface area contributed by atoms with Crippen LogP contribution in [-0.4, -0.2) is 7.05 Å². The first-order chi connectivity index (χ1) is 12.7. The number of hydrogen-bond acceptors (Lipinski definition) is 2. The van der Waals surface area contributed by atoms with Gasteiger partial charge in [0, 0.05) is 35.5 Å². The molecule has 0 aliphatic rings. The highest BCUT2D eigenvalue weighted by molar-refractivity contribution is 6.01. The lowest BCUT2D eigenvalue weighted by Gasteiger charge is -2.07. The van der Waals surface area contributed by atoms with Crippen LogP contribution in [0.5, 0.6) is 0 Å². The molecule has 0 aliphatic carbocycles. The van der Waals surface area contributed by atoms with Crippen LogP contribution in [0.3, 0.4) is 0 Å². The number of benzene rings is 2. The molecule has 26 heavy (non-hydrogen) atoms. The Morgan fingerprint density at radius 2 is 1.85 bits per heavy atom. The monoisotopic (exact) mass is 343 g/mol. The largest absolute Gasteiger partial charge is 0.439 e. The third-order valence-electron chi connectivity index (χ3n) is 5.00. The molecular weight excluding hydrogens is 320 g/mol. The molecule has 0 saturated carbocycles. The highest BCUT2D eigenvalue weighted by Crippen LogP contribution is 2.38. The summed E-state index contributed by atoms with van der Waals surface area (Å²) in [6, 6.07) is 17.1. The number of hydrogen-bond donors (Lipinski definition) is 1. The zero-order chi connectivity index (χ0) is 18.3. The fourth-order valence-corrected chi connectivity index (χ4v) is 3.71. The molecule has 0 amide bonds. The number of aromatic nitrogens is 1. The van der Waals surface area contributed by atoms with Crippen LogP contribution in [0.15, 0.2) is 59.0 Å². The Hall–Kier alpha value is -3.07. The van der Waals surface area contributed by atoms with Crippen molar-refractivity contribution in [3.8, 4) is 11.3 Å². The molecule has 130 valence electrons. The van der Waals surface area contributed by atoms with Crippen molar-refractivity contribution in [1.82, 2.24) is 0 Å². The average Bonchev–Trinajstić information content (AvgIpc) is 3.01. The first-order valence-corrected chi connectivity index (χ1v) is 8.90. The van der Waals surface area contributed by atoms with Gasteiger partial charge in [0.1, 0.15) is 7.05 Å². The molecule has 0 atom stereocenters. The fraction of sp³-hybridized carbons (Fsp3) is 0.174. The van der Waals surface area contributed by atoms with Crippen LogP contribution in [0, 0.1) is 6.92 Å². The van der Waals surface area contributed by atoms with E-state index < -0.39 is 0 Å². The quantitative estimate of drug-likeness (QED) is 0.500. The van der Waals surface area contributed by atoms with E-state index in [9.17, 15) is 0 Å². The summed E-state index contributed by atoms with van der Waals surface area (Å²) in [6.07, 6.45) is 4.14. The molecule has 2 aromatic carbocycles. The standard InChI is InChI=1S/C23H23N2O/c1-5-8-18-17-13-11-15(2)21(22(17)26-23(18)24-3)20-14-12-16-9-6-7-10-19(16)25(20)4/h5-14,24H,1-4H3/q+1/b8-5-. The van der Waals surface area contributed by atoms with E-state index in [1.54, 1.807) is 0 Å². The third kappa shape index (κ3) is 2.39. The number of anilines is 1. The van der Waals surface area contributed by atoms with Crippen molar-refractivity contribution in [1.29, 1.82) is 0 Å². The number of para-hydroxylation sites is 1. The topological polar surface area (TPSA) is 29.1 Å². The Labute approximate surface area is 153 Å². The van der Waals surface area contributed by atoms with Crippen molar-refractivity contribution >= 4 is 33.8 Å². The van der Waals surface area contributed by atoms with Gasteiger partial charge in [-0.15, -0.1) is 0 Å². The van der Waals surface area contributed by atoms with Crippen LogP contribution in [-0.2, 0) is 7.05 Å². The molecule has 0 fully saturated rings. The number of aryl methyl sites for hydroxylation is 2. The van der Waals surface area contributed by atoms with Gasteiger partial charge >= 0.3 is 0 Å². The zero-order valence-corrected chi connectivity index (χ0v) is 15.6. The molecule has 0 aliphatic heterocycles. The number of fused-ring (bicyclic) bond motifs is 2. The molecule has 0 saturated heterocycles. The van der Waals surface area contributed by atoms with Gasteiger partial charge in [-0.2, -0.15) is 4.57 Å². The van der Waals surface area contributed by atoms with Crippen molar-refractivity contribution < 1.29 is 8.98 Å². The summed E-state index contributed by atoms with van der Waals surface area (Å²) in [4.78, 5) is 0. The predicted molar refractivity (Wildman–Crippen MR) is 109 cm³/mol. The van der Waals surface area contributed by atoms with Crippen molar-refractivity contribution in [2.75, 3.05) is 12.4 Å². The molecule has 2 aromatic heterocycles. The van der Waals surface area contributed by atoms with Gasteiger partial charge in [-0.25, -0.2) is 0 Å². The van der Waals surface area contributed by atoms with Crippen LogP contribution in [0.1, 0.15) is 18.1 Å². The van der Waals surface area contributed by atoms with E-state index in [0.29, 0.717) is 0 Å². The van der Waals surface area contributed by atoms with Gasteiger partial charge in [0.2, 0.25) is 17.1 Å². The molecule has 0 spiro atoms. The smallest absolute Gasteiger partial charge is 0.216 e. The summed E-state index contributed by atoms with van der Waals surface area (Å²) < 4.78 is 8.50. The van der Waals surface area contributed by atoms with E-state index in [4.69, 9.17) is 4.42 Å². The van der Waals surface area contributed by atoms with Crippen molar-refractivity contribution in [2.45, 2.75) is 13.8 Å². The van der Waals surface area contributed by atoms with Gasteiger partial charge in [-0.3, -0.25) is 0 Å². The maximum Gasteiger partial charge on any atom is 0.216 e. The van der Waals surface area contributed by atoms with Gasteiger partial charge in [0.15, 0.2) is 5.58 Å². The third-order valence-corrected chi connectivity index (χ3v) is 5.00. The SMILES string of the molecule is C/C=C\c1c(NC)oc2c(-c3ccc4ccccc4[n+]3C)c(C)ccc12. The molecule has 0 unspecified atom stereocenters. The highest BCUT2D eigenvalue weighted by atomic mass is 16.4. The lowest BCUT2D eigenvalue weighted by molar-refractivity contribution is -0.633. The summed E-state index contributed by atoms with van der Waals surface area (Å²) in [5.74, 6) is 0.799. The van der Waals surface area contributed by atoms with Crippen molar-refractivity contribution in [3.05, 3.63) is 65.7 Å². The summed E-state index contributed by atoms with van der Waals surface area (Å²) in [7, 11) is 4.01. The highest BCUT2D eigenvalue weighted by Gasteiger charge is 2.23. The molecule has 0 bridgehead atoms. The molecule has 0 radical (unpaired) electrons. The maximum atomic E-state index is 6.26. The molecular formula is C23H23N2O+. The first-order valence-electron chi connectivity index (χ1n) is 8.90. The van der Waals surface area contributed by atoms with Crippen molar-refractivity contribution in [3.63, 3.8) is 0 Å². The minimum atomic E-state index is 0.799. The lowest BCUT2D eigenvalue weighted by Crippen LogP contribution is -2.32. The number of pyridine rings is 1. The number of furan rings is 1. The summed E-state index contributed by atoms with van der Waals surface area (Å²) in [6.45, 7) is 4.16. The summed E-state index contributed by atoms with van der Waals surface area (Å²) >= 11 is 0. The minimum Gasteiger partial charge on any atom is -0.439 e. The molecule has 4 aromatic rings. The second-order valence-corrected chi connectivity index (χ2v) is 6.57.